The largest absolute Gasteiger partial charge is 0.341 e. The second-order valence-electron chi connectivity index (χ2n) is 5.42. The van der Waals surface area contributed by atoms with Gasteiger partial charge in [0.2, 0.25) is 5.91 Å². The van der Waals surface area contributed by atoms with E-state index in [1.807, 2.05) is 18.0 Å². The highest BCUT2D eigenvalue weighted by molar-refractivity contribution is 5.83. The van der Waals surface area contributed by atoms with Crippen LogP contribution in [0.25, 0.3) is 0 Å². The van der Waals surface area contributed by atoms with Crippen LogP contribution in [0.1, 0.15) is 24.3 Å². The number of likely N-dealkylation sites (N-methyl/N-ethyl adjacent to an activating group) is 1. The van der Waals surface area contributed by atoms with Gasteiger partial charge in [-0.15, -0.1) is 0 Å². The van der Waals surface area contributed by atoms with Crippen molar-refractivity contribution in [2.75, 3.05) is 20.1 Å². The van der Waals surface area contributed by atoms with Crippen LogP contribution < -0.4 is 5.32 Å². The zero-order valence-corrected chi connectivity index (χ0v) is 10.8. The molecule has 1 saturated carbocycles. The van der Waals surface area contributed by atoms with Crippen LogP contribution in [0.4, 0.5) is 0 Å². The molecule has 3 rings (SSSR count). The summed E-state index contributed by atoms with van der Waals surface area (Å²) in [7, 11) is 1.97. The molecule has 0 aromatic heterocycles. The lowest BCUT2D eigenvalue weighted by Crippen LogP contribution is -2.34. The van der Waals surface area contributed by atoms with E-state index in [1.165, 1.54) is 5.56 Å². The predicted octanol–water partition coefficient (Wildman–Crippen LogP) is 1.61. The smallest absolute Gasteiger partial charge is 0.226 e. The van der Waals surface area contributed by atoms with Crippen molar-refractivity contribution in [2.45, 2.75) is 24.8 Å². The molecule has 0 radical (unpaired) electrons. The molecule has 1 amide bonds. The van der Waals surface area contributed by atoms with E-state index >= 15 is 0 Å². The summed E-state index contributed by atoms with van der Waals surface area (Å²) in [6.45, 7) is 1.80. The Balaban J connectivity index is 1.60. The Bertz CT molecular complexity index is 431. The Morgan fingerprint density at radius 2 is 2.11 bits per heavy atom. The Kier molecular flexibility index (Phi) is 3.08. The molecule has 1 aliphatic carbocycles. The zero-order chi connectivity index (χ0) is 12.5. The maximum absolute atomic E-state index is 12.4. The quantitative estimate of drug-likeness (QED) is 0.876. The van der Waals surface area contributed by atoms with Crippen LogP contribution in [-0.4, -0.2) is 37.0 Å². The molecule has 1 heterocycles. The maximum Gasteiger partial charge on any atom is 0.226 e. The van der Waals surface area contributed by atoms with Gasteiger partial charge >= 0.3 is 0 Å². The van der Waals surface area contributed by atoms with Crippen LogP contribution in [0, 0.1) is 5.92 Å². The van der Waals surface area contributed by atoms with Crippen LogP contribution >= 0.6 is 0 Å². The van der Waals surface area contributed by atoms with Crippen molar-refractivity contribution < 1.29 is 4.79 Å². The number of nitrogens with one attached hydrogen (secondary N) is 1. The number of hydrogen-bond acceptors (Lipinski definition) is 2. The van der Waals surface area contributed by atoms with Gasteiger partial charge in [0.05, 0.1) is 0 Å². The van der Waals surface area contributed by atoms with E-state index in [0.29, 0.717) is 17.9 Å². The van der Waals surface area contributed by atoms with Gasteiger partial charge in [0.1, 0.15) is 0 Å². The third-order valence-electron chi connectivity index (χ3n) is 4.24. The number of rotatable bonds is 3. The topological polar surface area (TPSA) is 32.3 Å². The minimum Gasteiger partial charge on any atom is -0.341 e. The molecule has 1 aliphatic heterocycles. The molecule has 1 N–H and O–H groups in total. The summed E-state index contributed by atoms with van der Waals surface area (Å²) < 4.78 is 0. The lowest BCUT2D eigenvalue weighted by atomic mass is 10.1. The standard InChI is InChI=1S/C15H20N2O/c1-16-12-7-8-17(10-12)15(18)14-9-13(14)11-5-3-2-4-6-11/h2-6,12-14,16H,7-10H2,1H3. The van der Waals surface area contributed by atoms with Gasteiger partial charge in [-0.2, -0.15) is 0 Å². The molecule has 1 aromatic carbocycles. The SMILES string of the molecule is CNC1CCN(C(=O)C2CC2c2ccccc2)C1. The highest BCUT2D eigenvalue weighted by atomic mass is 16.2. The summed E-state index contributed by atoms with van der Waals surface area (Å²) in [5, 5.41) is 3.26. The minimum absolute atomic E-state index is 0.239. The first-order valence-corrected chi connectivity index (χ1v) is 6.80. The maximum atomic E-state index is 12.4. The average molecular weight is 244 g/mol. The van der Waals surface area contributed by atoms with Crippen LogP contribution in [0.2, 0.25) is 0 Å². The molecule has 3 heteroatoms. The molecule has 3 atom stereocenters. The van der Waals surface area contributed by atoms with Crippen molar-refractivity contribution >= 4 is 5.91 Å². The van der Waals surface area contributed by atoms with Gasteiger partial charge in [-0.05, 0) is 31.4 Å². The van der Waals surface area contributed by atoms with Crippen molar-refractivity contribution in [3.05, 3.63) is 35.9 Å². The molecule has 96 valence electrons. The van der Waals surface area contributed by atoms with Crippen molar-refractivity contribution in [3.8, 4) is 0 Å². The molecule has 3 unspecified atom stereocenters. The fraction of sp³-hybridized carbons (Fsp3) is 0.533. The fourth-order valence-electron chi connectivity index (χ4n) is 2.97. The third kappa shape index (κ3) is 2.15. The van der Waals surface area contributed by atoms with E-state index in [0.717, 1.165) is 25.9 Å². The van der Waals surface area contributed by atoms with Crippen molar-refractivity contribution in [1.82, 2.24) is 10.2 Å². The number of hydrogen-bond donors (Lipinski definition) is 1. The van der Waals surface area contributed by atoms with Gasteiger partial charge in [0.15, 0.2) is 0 Å². The van der Waals surface area contributed by atoms with Crippen LogP contribution in [-0.2, 0) is 4.79 Å². The first-order valence-electron chi connectivity index (χ1n) is 6.80. The predicted molar refractivity (Wildman–Crippen MR) is 71.3 cm³/mol. The molecule has 1 saturated heterocycles. The van der Waals surface area contributed by atoms with E-state index in [2.05, 4.69) is 29.6 Å². The third-order valence-corrected chi connectivity index (χ3v) is 4.24. The van der Waals surface area contributed by atoms with Crippen molar-refractivity contribution in [1.29, 1.82) is 0 Å². The molecule has 0 bridgehead atoms. The van der Waals surface area contributed by atoms with Gasteiger partial charge < -0.3 is 10.2 Å². The Morgan fingerprint density at radius 3 is 2.78 bits per heavy atom. The van der Waals surface area contributed by atoms with Gasteiger partial charge in [0, 0.05) is 25.0 Å². The number of carbonyl (C=O) groups excluding carboxylic acids is 1. The number of carbonyl (C=O) groups is 1. The fourth-order valence-corrected chi connectivity index (χ4v) is 2.97. The molecular formula is C15H20N2O. The van der Waals surface area contributed by atoms with Gasteiger partial charge in [-0.1, -0.05) is 30.3 Å². The molecule has 2 aliphatic rings. The summed E-state index contributed by atoms with van der Waals surface area (Å²) >= 11 is 0. The molecule has 2 fully saturated rings. The van der Waals surface area contributed by atoms with Crippen molar-refractivity contribution in [3.63, 3.8) is 0 Å². The second-order valence-corrected chi connectivity index (χ2v) is 5.42. The summed E-state index contributed by atoms with van der Waals surface area (Å²) in [6.07, 6.45) is 2.12. The Labute approximate surface area is 108 Å². The van der Waals surface area contributed by atoms with E-state index in [9.17, 15) is 4.79 Å². The van der Waals surface area contributed by atoms with Crippen LogP contribution in [0.15, 0.2) is 30.3 Å². The normalized spacial score (nSPS) is 30.5. The first kappa shape index (κ1) is 11.7. The number of benzene rings is 1. The van der Waals surface area contributed by atoms with Gasteiger partial charge in [-0.3, -0.25) is 4.79 Å². The number of amides is 1. The highest BCUT2D eigenvalue weighted by Crippen LogP contribution is 2.48. The van der Waals surface area contributed by atoms with Gasteiger partial charge in [-0.25, -0.2) is 0 Å². The van der Waals surface area contributed by atoms with E-state index in [4.69, 9.17) is 0 Å². The molecule has 1 aromatic rings. The van der Waals surface area contributed by atoms with E-state index in [1.54, 1.807) is 0 Å². The summed E-state index contributed by atoms with van der Waals surface area (Å²) in [4.78, 5) is 14.4. The van der Waals surface area contributed by atoms with Crippen LogP contribution in [0.5, 0.6) is 0 Å². The molecular weight excluding hydrogens is 224 g/mol. The van der Waals surface area contributed by atoms with Crippen LogP contribution in [0.3, 0.4) is 0 Å². The molecule has 3 nitrogen and oxygen atoms in total. The van der Waals surface area contributed by atoms with Gasteiger partial charge in [0.25, 0.3) is 0 Å². The molecule has 0 spiro atoms. The Morgan fingerprint density at radius 1 is 1.33 bits per heavy atom. The second kappa shape index (κ2) is 4.73. The highest BCUT2D eigenvalue weighted by Gasteiger charge is 2.46. The average Bonchev–Trinajstić information content (AvgIpc) is 3.08. The zero-order valence-electron chi connectivity index (χ0n) is 10.8. The summed E-state index contributed by atoms with van der Waals surface area (Å²) in [5.41, 5.74) is 1.32. The van der Waals surface area contributed by atoms with Crippen molar-refractivity contribution in [2.24, 2.45) is 5.92 Å². The van der Waals surface area contributed by atoms with E-state index in [-0.39, 0.29) is 5.92 Å². The lowest BCUT2D eigenvalue weighted by molar-refractivity contribution is -0.131. The minimum atomic E-state index is 0.239. The van der Waals surface area contributed by atoms with E-state index < -0.39 is 0 Å². The number of nitrogens with zero attached hydrogens (tertiary/aromatic N) is 1. The molecule has 18 heavy (non-hydrogen) atoms. The monoisotopic (exact) mass is 244 g/mol. The Hall–Kier alpha value is -1.35. The first-order chi connectivity index (χ1) is 8.79. The lowest BCUT2D eigenvalue weighted by Gasteiger charge is -2.16. The summed E-state index contributed by atoms with van der Waals surface area (Å²) in [5.74, 6) is 1.07. The number of likely N-dealkylation sites (tertiary alicyclic amines) is 1. The summed E-state index contributed by atoms with van der Waals surface area (Å²) in [6, 6.07) is 10.9.